The van der Waals surface area contributed by atoms with Gasteiger partial charge in [-0.1, -0.05) is 29.3 Å². The van der Waals surface area contributed by atoms with E-state index in [2.05, 4.69) is 10.6 Å². The van der Waals surface area contributed by atoms with Gasteiger partial charge in [0.25, 0.3) is 0 Å². The van der Waals surface area contributed by atoms with E-state index in [0.717, 1.165) is 5.56 Å². The number of urea groups is 1. The first-order valence-electron chi connectivity index (χ1n) is 6.55. The lowest BCUT2D eigenvalue weighted by atomic mass is 10.1. The molecule has 1 atom stereocenters. The zero-order chi connectivity index (χ0) is 16.0. The Morgan fingerprint density at radius 1 is 1.33 bits per heavy atom. The number of amides is 2. The van der Waals surface area contributed by atoms with Crippen molar-refractivity contribution in [3.8, 4) is 0 Å². The molecule has 0 radical (unpaired) electrons. The molecule has 21 heavy (non-hydrogen) atoms. The molecule has 1 unspecified atom stereocenters. The van der Waals surface area contributed by atoms with Gasteiger partial charge in [0.15, 0.2) is 0 Å². The molecule has 0 aliphatic heterocycles. The fourth-order valence-electron chi connectivity index (χ4n) is 1.78. The van der Waals surface area contributed by atoms with Crippen molar-refractivity contribution >= 4 is 40.9 Å². The summed E-state index contributed by atoms with van der Waals surface area (Å²) in [6.07, 6.45) is 1.17. The molecular weight excluding hydrogens is 315 g/mol. The van der Waals surface area contributed by atoms with Crippen LogP contribution in [0.4, 0.5) is 10.5 Å². The molecule has 1 rings (SSSR count). The molecule has 0 saturated heterocycles. The molecule has 1 aromatic rings. The largest absolute Gasteiger partial charge is 0.481 e. The molecule has 0 bridgehead atoms. The highest BCUT2D eigenvalue weighted by Gasteiger charge is 2.13. The number of halogens is 2. The van der Waals surface area contributed by atoms with Crippen LogP contribution in [0.15, 0.2) is 12.1 Å². The molecule has 1 aromatic carbocycles. The lowest BCUT2D eigenvalue weighted by molar-refractivity contribution is -0.137. The normalized spacial score (nSPS) is 11.8. The van der Waals surface area contributed by atoms with Crippen molar-refractivity contribution in [3.05, 3.63) is 27.7 Å². The molecule has 5 nitrogen and oxygen atoms in total. The maximum Gasteiger partial charge on any atom is 0.319 e. The van der Waals surface area contributed by atoms with Crippen LogP contribution in [0.25, 0.3) is 0 Å². The molecule has 0 spiro atoms. The van der Waals surface area contributed by atoms with E-state index in [1.807, 2.05) is 6.92 Å². The van der Waals surface area contributed by atoms with Gasteiger partial charge in [-0.25, -0.2) is 4.79 Å². The van der Waals surface area contributed by atoms with Crippen LogP contribution in [0.5, 0.6) is 0 Å². The number of carboxylic acid groups (broad SMARTS) is 1. The van der Waals surface area contributed by atoms with Crippen LogP contribution in [-0.4, -0.2) is 23.1 Å². The Morgan fingerprint density at radius 2 is 2.00 bits per heavy atom. The van der Waals surface area contributed by atoms with E-state index < -0.39 is 12.0 Å². The topological polar surface area (TPSA) is 78.4 Å². The molecule has 0 fully saturated rings. The van der Waals surface area contributed by atoms with E-state index in [1.165, 1.54) is 0 Å². The quantitative estimate of drug-likeness (QED) is 0.734. The van der Waals surface area contributed by atoms with Gasteiger partial charge in [-0.3, -0.25) is 4.79 Å². The fraction of sp³-hybridized carbons (Fsp3) is 0.429. The van der Waals surface area contributed by atoms with Crippen molar-refractivity contribution < 1.29 is 14.7 Å². The zero-order valence-corrected chi connectivity index (χ0v) is 13.4. The maximum atomic E-state index is 11.9. The van der Waals surface area contributed by atoms with Crippen molar-refractivity contribution in [1.82, 2.24) is 5.32 Å². The molecule has 0 aliphatic carbocycles. The van der Waals surface area contributed by atoms with Crippen LogP contribution in [0.1, 0.15) is 31.7 Å². The number of benzene rings is 1. The Kier molecular flexibility index (Phi) is 6.78. The number of hydrogen-bond acceptors (Lipinski definition) is 2. The minimum absolute atomic E-state index is 0.0865. The number of aliphatic carboxylic acids is 1. The molecule has 0 heterocycles. The van der Waals surface area contributed by atoms with Gasteiger partial charge < -0.3 is 15.7 Å². The highest BCUT2D eigenvalue weighted by Crippen LogP contribution is 2.32. The lowest BCUT2D eigenvalue weighted by Crippen LogP contribution is -2.36. The SMILES string of the molecule is Cc1ccc(Cl)c(NC(=O)NC(C)CCCC(=O)O)c1Cl. The highest BCUT2D eigenvalue weighted by molar-refractivity contribution is 6.40. The van der Waals surface area contributed by atoms with Gasteiger partial charge >= 0.3 is 12.0 Å². The number of hydrogen-bond donors (Lipinski definition) is 3. The monoisotopic (exact) mass is 332 g/mol. The van der Waals surface area contributed by atoms with E-state index in [1.54, 1.807) is 19.1 Å². The van der Waals surface area contributed by atoms with Gasteiger partial charge in [-0.2, -0.15) is 0 Å². The van der Waals surface area contributed by atoms with E-state index in [9.17, 15) is 9.59 Å². The standard InChI is InChI=1S/C14H18Cl2N2O3/c1-8-6-7-10(15)13(12(8)16)18-14(21)17-9(2)4-3-5-11(19)20/h6-7,9H,3-5H2,1-2H3,(H,19,20)(H2,17,18,21). The summed E-state index contributed by atoms with van der Waals surface area (Å²) in [7, 11) is 0. The molecule has 116 valence electrons. The summed E-state index contributed by atoms with van der Waals surface area (Å²) >= 11 is 12.1. The predicted molar refractivity (Wildman–Crippen MR) is 84.3 cm³/mol. The molecule has 7 heteroatoms. The van der Waals surface area contributed by atoms with Crippen molar-refractivity contribution in [2.24, 2.45) is 0 Å². The fourth-order valence-corrected chi connectivity index (χ4v) is 2.24. The third-order valence-corrected chi connectivity index (χ3v) is 3.73. The first kappa shape index (κ1) is 17.6. The summed E-state index contributed by atoms with van der Waals surface area (Å²) in [4.78, 5) is 22.3. The molecule has 3 N–H and O–H groups in total. The lowest BCUT2D eigenvalue weighted by Gasteiger charge is -2.16. The summed E-state index contributed by atoms with van der Waals surface area (Å²) in [5.74, 6) is -0.843. The van der Waals surface area contributed by atoms with Crippen molar-refractivity contribution in [2.75, 3.05) is 5.32 Å². The maximum absolute atomic E-state index is 11.9. The van der Waals surface area contributed by atoms with Gasteiger partial charge in [0.1, 0.15) is 0 Å². The number of nitrogens with one attached hydrogen (secondary N) is 2. The zero-order valence-electron chi connectivity index (χ0n) is 11.9. The van der Waals surface area contributed by atoms with Gasteiger partial charge in [0.05, 0.1) is 15.7 Å². The number of aryl methyl sites for hydroxylation is 1. The van der Waals surface area contributed by atoms with Gasteiger partial charge in [0.2, 0.25) is 0 Å². The van der Waals surface area contributed by atoms with Crippen LogP contribution in [0.3, 0.4) is 0 Å². The Bertz CT molecular complexity index is 535. The summed E-state index contributed by atoms with van der Waals surface area (Å²) in [6, 6.07) is 2.86. The first-order chi connectivity index (χ1) is 9.81. The highest BCUT2D eigenvalue weighted by atomic mass is 35.5. The summed E-state index contributed by atoms with van der Waals surface area (Å²) in [5.41, 5.74) is 1.18. The average molecular weight is 333 g/mol. The van der Waals surface area contributed by atoms with Crippen molar-refractivity contribution in [1.29, 1.82) is 0 Å². The number of anilines is 1. The third-order valence-electron chi connectivity index (χ3n) is 2.93. The Hall–Kier alpha value is -1.46. The van der Waals surface area contributed by atoms with Crippen LogP contribution in [0.2, 0.25) is 10.0 Å². The molecule has 0 aromatic heterocycles. The number of carbonyl (C=O) groups excluding carboxylic acids is 1. The third kappa shape index (κ3) is 5.81. The Labute approximate surface area is 133 Å². The summed E-state index contributed by atoms with van der Waals surface area (Å²) in [5, 5.41) is 14.7. The average Bonchev–Trinajstić information content (AvgIpc) is 2.38. The van der Waals surface area contributed by atoms with Crippen molar-refractivity contribution in [2.45, 2.75) is 39.2 Å². The second-order valence-electron chi connectivity index (χ2n) is 4.84. The number of rotatable bonds is 6. The van der Waals surface area contributed by atoms with Gasteiger partial charge in [-0.05, 0) is 38.3 Å². The minimum Gasteiger partial charge on any atom is -0.481 e. The van der Waals surface area contributed by atoms with Crippen LogP contribution in [0, 0.1) is 6.92 Å². The van der Waals surface area contributed by atoms with E-state index in [4.69, 9.17) is 28.3 Å². The smallest absolute Gasteiger partial charge is 0.319 e. The van der Waals surface area contributed by atoms with E-state index in [-0.39, 0.29) is 12.5 Å². The molecule has 0 saturated carbocycles. The molecular formula is C14H18Cl2N2O3. The first-order valence-corrected chi connectivity index (χ1v) is 7.30. The Morgan fingerprint density at radius 3 is 2.62 bits per heavy atom. The van der Waals surface area contributed by atoms with Crippen LogP contribution < -0.4 is 10.6 Å². The Balaban J connectivity index is 2.54. The van der Waals surface area contributed by atoms with Crippen LogP contribution >= 0.6 is 23.2 Å². The van der Waals surface area contributed by atoms with Crippen LogP contribution in [-0.2, 0) is 4.79 Å². The van der Waals surface area contributed by atoms with Gasteiger partial charge in [-0.15, -0.1) is 0 Å². The van der Waals surface area contributed by atoms with E-state index in [0.29, 0.717) is 28.6 Å². The summed E-state index contributed by atoms with van der Waals surface area (Å²) in [6.45, 7) is 3.62. The minimum atomic E-state index is -0.843. The molecule has 2 amide bonds. The van der Waals surface area contributed by atoms with Gasteiger partial charge in [0, 0.05) is 12.5 Å². The second kappa shape index (κ2) is 8.10. The van der Waals surface area contributed by atoms with E-state index >= 15 is 0 Å². The number of carboxylic acids is 1. The van der Waals surface area contributed by atoms with Crippen molar-refractivity contribution in [3.63, 3.8) is 0 Å². The number of carbonyl (C=O) groups is 2. The predicted octanol–water partition coefficient (Wildman–Crippen LogP) is 4.07. The summed E-state index contributed by atoms with van der Waals surface area (Å²) < 4.78 is 0. The second-order valence-corrected chi connectivity index (χ2v) is 5.62. The molecule has 0 aliphatic rings.